The Hall–Kier alpha value is 1.05. The highest BCUT2D eigenvalue weighted by atomic mass is 35.8. The van der Waals surface area contributed by atoms with Crippen molar-refractivity contribution >= 4 is 39.2 Å². The Balaban J connectivity index is 3.00. The third-order valence-electron chi connectivity index (χ3n) is 4.66. The van der Waals surface area contributed by atoms with Crippen molar-refractivity contribution < 1.29 is 0 Å². The second-order valence-electron chi connectivity index (χ2n) is 7.16. The van der Waals surface area contributed by atoms with Crippen molar-refractivity contribution in [3.8, 4) is 0 Å². The fraction of sp³-hybridized carbons (Fsp3) is 1.00. The van der Waals surface area contributed by atoms with Gasteiger partial charge >= 0.3 is 6.00 Å². The van der Waals surface area contributed by atoms with Gasteiger partial charge in [-0.1, -0.05) is 103 Å². The number of hydrogen-bond donors (Lipinski definition) is 1. The van der Waals surface area contributed by atoms with E-state index in [0.29, 0.717) is 0 Å². The normalized spacial score (nSPS) is 12.0. The minimum atomic E-state index is -2.36. The van der Waals surface area contributed by atoms with Gasteiger partial charge in [0, 0.05) is 0 Å². The molecule has 1 nitrogen and oxygen atoms in total. The van der Waals surface area contributed by atoms with Gasteiger partial charge in [-0.15, -0.1) is 33.2 Å². The Bertz CT molecular complexity index is 247. The number of halogens is 3. The maximum atomic E-state index is 5.88. The molecule has 0 fully saturated rings. The number of unbranched alkanes of at least 4 members (excludes halogenated alkanes) is 16. The average Bonchev–Trinajstić information content (AvgIpc) is 2.52. The molecular formula is C19H40Cl3NSi. The Morgan fingerprint density at radius 1 is 0.417 bits per heavy atom. The standard InChI is InChI=1S/C19H40Cl3NSi/c20-24(21,22)19-17-15-13-11-9-7-5-3-1-2-4-6-8-10-12-14-16-18-23/h1-19,23H2. The highest BCUT2D eigenvalue weighted by molar-refractivity contribution is 7.64. The summed E-state index contributed by atoms with van der Waals surface area (Å²) in [6, 6.07) is -1.53. The quantitative estimate of drug-likeness (QED) is 0.128. The lowest BCUT2D eigenvalue weighted by Gasteiger charge is -2.07. The van der Waals surface area contributed by atoms with Crippen LogP contribution in [0.5, 0.6) is 0 Å². The second kappa shape index (κ2) is 18.8. The number of rotatable bonds is 19. The molecule has 0 atom stereocenters. The molecule has 0 aromatic rings. The molecule has 0 saturated carbocycles. The second-order valence-corrected chi connectivity index (χ2v) is 16.4. The molecule has 146 valence electrons. The highest BCUT2D eigenvalue weighted by Gasteiger charge is 2.23. The lowest BCUT2D eigenvalue weighted by molar-refractivity contribution is 0.527. The minimum absolute atomic E-state index is 0.825. The fourth-order valence-corrected chi connectivity index (χ4v) is 4.98. The summed E-state index contributed by atoms with van der Waals surface area (Å²) in [6.07, 6.45) is 23.1. The maximum absolute atomic E-state index is 5.88. The summed E-state index contributed by atoms with van der Waals surface area (Å²) < 4.78 is 0. The first-order chi connectivity index (χ1) is 11.6. The molecule has 0 rings (SSSR count). The van der Waals surface area contributed by atoms with Crippen molar-refractivity contribution in [2.75, 3.05) is 6.54 Å². The van der Waals surface area contributed by atoms with Gasteiger partial charge in [-0.05, 0) is 19.0 Å². The molecule has 0 saturated heterocycles. The molecule has 0 aliphatic carbocycles. The summed E-state index contributed by atoms with van der Waals surface area (Å²) in [4.78, 5) is 0. The molecule has 0 bridgehead atoms. The van der Waals surface area contributed by atoms with E-state index in [4.69, 9.17) is 39.0 Å². The van der Waals surface area contributed by atoms with Crippen molar-refractivity contribution in [2.24, 2.45) is 5.73 Å². The summed E-state index contributed by atoms with van der Waals surface area (Å²) in [5.74, 6) is 0. The molecule has 0 aliphatic rings. The van der Waals surface area contributed by atoms with Crippen LogP contribution in [0.3, 0.4) is 0 Å². The van der Waals surface area contributed by atoms with Crippen molar-refractivity contribution in [2.45, 2.75) is 115 Å². The SMILES string of the molecule is NCCCCCCCCCCCCCCCCCCC[Si](Cl)(Cl)Cl. The molecule has 24 heavy (non-hydrogen) atoms. The first-order valence-corrected chi connectivity index (χ1v) is 15.6. The Labute approximate surface area is 166 Å². The lowest BCUT2D eigenvalue weighted by Crippen LogP contribution is -2.07. The van der Waals surface area contributed by atoms with Crippen LogP contribution in [0.2, 0.25) is 6.04 Å². The molecule has 0 radical (unpaired) electrons. The molecule has 0 spiro atoms. The van der Waals surface area contributed by atoms with Crippen LogP contribution in [0, 0.1) is 0 Å². The van der Waals surface area contributed by atoms with Crippen LogP contribution in [0.15, 0.2) is 0 Å². The van der Waals surface area contributed by atoms with Crippen LogP contribution in [0.25, 0.3) is 0 Å². The zero-order chi connectivity index (χ0) is 17.9. The largest absolute Gasteiger partial charge is 0.341 e. The van der Waals surface area contributed by atoms with Gasteiger partial charge < -0.3 is 5.73 Å². The highest BCUT2D eigenvalue weighted by Crippen LogP contribution is 2.27. The topological polar surface area (TPSA) is 26.0 Å². The number of hydrogen-bond acceptors (Lipinski definition) is 1. The Kier molecular flexibility index (Phi) is 19.6. The Morgan fingerprint density at radius 2 is 0.667 bits per heavy atom. The van der Waals surface area contributed by atoms with E-state index < -0.39 is 6.00 Å². The van der Waals surface area contributed by atoms with Gasteiger partial charge in [-0.25, -0.2) is 0 Å². The summed E-state index contributed by atoms with van der Waals surface area (Å²) in [5, 5.41) is 0. The lowest BCUT2D eigenvalue weighted by atomic mass is 10.0. The van der Waals surface area contributed by atoms with Crippen molar-refractivity contribution in [1.29, 1.82) is 0 Å². The van der Waals surface area contributed by atoms with Crippen LogP contribution in [0.1, 0.15) is 109 Å². The van der Waals surface area contributed by atoms with Crippen LogP contribution in [-0.2, 0) is 0 Å². The van der Waals surface area contributed by atoms with Crippen LogP contribution in [-0.4, -0.2) is 12.5 Å². The molecule has 0 aromatic carbocycles. The molecule has 0 unspecified atom stereocenters. The molecular weight excluding hydrogens is 377 g/mol. The third kappa shape index (κ3) is 23.0. The van der Waals surface area contributed by atoms with E-state index in [1.807, 2.05) is 0 Å². The minimum Gasteiger partial charge on any atom is -0.330 e. The maximum Gasteiger partial charge on any atom is 0.341 e. The van der Waals surface area contributed by atoms with E-state index in [-0.39, 0.29) is 0 Å². The molecule has 0 aliphatic heterocycles. The fourth-order valence-electron chi connectivity index (χ4n) is 3.12. The molecule has 5 heteroatoms. The summed E-state index contributed by atoms with van der Waals surface area (Å²) in [6.45, 7) is 0.859. The van der Waals surface area contributed by atoms with Crippen LogP contribution < -0.4 is 5.73 Å². The van der Waals surface area contributed by atoms with Gasteiger partial charge in [0.05, 0.1) is 0 Å². The monoisotopic (exact) mass is 415 g/mol. The smallest absolute Gasteiger partial charge is 0.330 e. The average molecular weight is 417 g/mol. The van der Waals surface area contributed by atoms with Gasteiger partial charge in [0.25, 0.3) is 0 Å². The predicted molar refractivity (Wildman–Crippen MR) is 116 cm³/mol. The van der Waals surface area contributed by atoms with E-state index >= 15 is 0 Å². The van der Waals surface area contributed by atoms with Crippen molar-refractivity contribution in [3.05, 3.63) is 0 Å². The van der Waals surface area contributed by atoms with Crippen molar-refractivity contribution in [3.63, 3.8) is 0 Å². The predicted octanol–water partition coefficient (Wildman–Crippen LogP) is 8.23. The Morgan fingerprint density at radius 3 is 0.917 bits per heavy atom. The first kappa shape index (κ1) is 25.0. The summed E-state index contributed by atoms with van der Waals surface area (Å²) >= 11 is 17.6. The van der Waals surface area contributed by atoms with E-state index in [0.717, 1.165) is 19.0 Å². The number of nitrogens with two attached hydrogens (primary N) is 1. The van der Waals surface area contributed by atoms with Crippen LogP contribution in [0.4, 0.5) is 0 Å². The molecule has 0 amide bonds. The molecule has 2 N–H and O–H groups in total. The van der Waals surface area contributed by atoms with Gasteiger partial charge in [-0.2, -0.15) is 0 Å². The summed E-state index contributed by atoms with van der Waals surface area (Å²) in [7, 11) is 0. The van der Waals surface area contributed by atoms with E-state index in [2.05, 4.69) is 0 Å². The zero-order valence-corrected chi connectivity index (χ0v) is 18.9. The van der Waals surface area contributed by atoms with Gasteiger partial charge in [0.2, 0.25) is 0 Å². The van der Waals surface area contributed by atoms with Gasteiger partial charge in [0.15, 0.2) is 0 Å². The van der Waals surface area contributed by atoms with Gasteiger partial charge in [0.1, 0.15) is 0 Å². The van der Waals surface area contributed by atoms with Crippen molar-refractivity contribution in [1.82, 2.24) is 0 Å². The summed E-state index contributed by atoms with van der Waals surface area (Å²) in [5.41, 5.74) is 5.50. The van der Waals surface area contributed by atoms with E-state index in [1.165, 1.54) is 103 Å². The van der Waals surface area contributed by atoms with Gasteiger partial charge in [-0.3, -0.25) is 0 Å². The zero-order valence-electron chi connectivity index (χ0n) is 15.6. The molecule has 0 aromatic heterocycles. The molecule has 0 heterocycles. The van der Waals surface area contributed by atoms with E-state index in [9.17, 15) is 0 Å². The first-order valence-electron chi connectivity index (χ1n) is 10.3. The van der Waals surface area contributed by atoms with E-state index in [1.54, 1.807) is 0 Å². The third-order valence-corrected chi connectivity index (χ3v) is 7.29. The van der Waals surface area contributed by atoms with Crippen LogP contribution >= 0.6 is 33.2 Å².